The first-order valence-corrected chi connectivity index (χ1v) is 7.85. The maximum atomic E-state index is 10.9. The Hall–Kier alpha value is -1.34. The van der Waals surface area contributed by atoms with E-state index in [9.17, 15) is 5.11 Å². The van der Waals surface area contributed by atoms with Crippen LogP contribution in [-0.4, -0.2) is 51.8 Å². The van der Waals surface area contributed by atoms with Crippen molar-refractivity contribution < 1.29 is 24.9 Å². The first kappa shape index (κ1) is 18.0. The number of halogens is 2. The zero-order chi connectivity index (χ0) is 17.2. The molecule has 3 saturated heterocycles. The Morgan fingerprint density at radius 3 is 1.87 bits per heavy atom. The molecule has 0 spiro atoms. The van der Waals surface area contributed by atoms with E-state index >= 15 is 0 Å². The second-order valence-corrected chi connectivity index (χ2v) is 6.62. The Bertz CT molecular complexity index is 584. The minimum Gasteiger partial charge on any atom is -0.473 e. The summed E-state index contributed by atoms with van der Waals surface area (Å²) in [6, 6.07) is 5.39. The molecule has 8 heteroatoms. The van der Waals surface area contributed by atoms with Crippen molar-refractivity contribution in [2.45, 2.75) is 18.4 Å². The van der Waals surface area contributed by atoms with E-state index < -0.39 is 17.5 Å². The fraction of sp³-hybridized carbons (Fsp3) is 0.467. The number of piperidine rings is 3. The number of benzene rings is 1. The summed E-state index contributed by atoms with van der Waals surface area (Å²) in [7, 11) is 0. The molecule has 0 aromatic heterocycles. The lowest BCUT2D eigenvalue weighted by atomic mass is 9.72. The topological polar surface area (TPSA) is 98.1 Å². The lowest BCUT2D eigenvalue weighted by Gasteiger charge is -2.50. The summed E-state index contributed by atoms with van der Waals surface area (Å²) in [6.07, 6.45) is 2.11. The van der Waals surface area contributed by atoms with Gasteiger partial charge in [0.2, 0.25) is 0 Å². The molecule has 3 N–H and O–H groups in total. The molecule has 0 aliphatic carbocycles. The largest absolute Gasteiger partial charge is 0.473 e. The van der Waals surface area contributed by atoms with Gasteiger partial charge in [-0.2, -0.15) is 0 Å². The Morgan fingerprint density at radius 2 is 1.52 bits per heavy atom. The van der Waals surface area contributed by atoms with Crippen molar-refractivity contribution in [2.24, 2.45) is 5.92 Å². The Balaban J connectivity index is 0.000000277. The van der Waals surface area contributed by atoms with Gasteiger partial charge < -0.3 is 20.2 Å². The second kappa shape index (κ2) is 7.05. The van der Waals surface area contributed by atoms with E-state index in [0.717, 1.165) is 31.5 Å². The van der Waals surface area contributed by atoms with Crippen LogP contribution in [0.5, 0.6) is 0 Å². The molecule has 0 amide bonds. The highest BCUT2D eigenvalue weighted by Crippen LogP contribution is 2.43. The predicted molar refractivity (Wildman–Crippen MR) is 84.8 cm³/mol. The van der Waals surface area contributed by atoms with Crippen LogP contribution >= 0.6 is 23.2 Å². The van der Waals surface area contributed by atoms with Gasteiger partial charge in [0.15, 0.2) is 0 Å². The highest BCUT2D eigenvalue weighted by molar-refractivity contribution is 6.34. The number of carboxylic acid groups (broad SMARTS) is 2. The van der Waals surface area contributed by atoms with E-state index in [1.165, 1.54) is 0 Å². The van der Waals surface area contributed by atoms with Crippen LogP contribution in [0.15, 0.2) is 18.2 Å². The van der Waals surface area contributed by atoms with E-state index in [1.807, 2.05) is 12.1 Å². The molecule has 3 aliphatic rings. The van der Waals surface area contributed by atoms with Gasteiger partial charge in [-0.25, -0.2) is 9.59 Å². The Kier molecular flexibility index (Phi) is 5.52. The zero-order valence-corrected chi connectivity index (χ0v) is 13.7. The summed E-state index contributed by atoms with van der Waals surface area (Å²) in [4.78, 5) is 20.5. The average Bonchev–Trinajstić information content (AvgIpc) is 2.47. The molecule has 126 valence electrons. The molecule has 6 nitrogen and oxygen atoms in total. The van der Waals surface area contributed by atoms with Gasteiger partial charge in [-0.15, -0.1) is 0 Å². The number of carboxylic acids is 2. The SMILES string of the molecule is O=C(O)C(=O)O.OC1(c2cc(Cl)cc(Cl)c2)CN2CCC1CC2. The van der Waals surface area contributed by atoms with Crippen LogP contribution in [0.3, 0.4) is 0 Å². The molecule has 3 fully saturated rings. The Labute approximate surface area is 143 Å². The normalized spacial score (nSPS) is 28.7. The van der Waals surface area contributed by atoms with Crippen LogP contribution in [0.25, 0.3) is 0 Å². The standard InChI is InChI=1S/C13H15Cl2NO.C2H2O4/c14-11-5-10(6-12(15)7-11)13(17)8-16-3-1-9(13)2-4-16;3-1(4)2(5)6/h5-7,9,17H,1-4,8H2;(H,3,4)(H,5,6). The zero-order valence-electron chi connectivity index (χ0n) is 12.2. The number of nitrogens with zero attached hydrogens (tertiary/aromatic N) is 1. The monoisotopic (exact) mass is 361 g/mol. The van der Waals surface area contributed by atoms with Crippen LogP contribution in [0, 0.1) is 5.92 Å². The molecule has 1 aromatic carbocycles. The van der Waals surface area contributed by atoms with E-state index in [2.05, 4.69) is 4.90 Å². The maximum absolute atomic E-state index is 10.9. The molecule has 1 unspecified atom stereocenters. The molecule has 3 aliphatic heterocycles. The molecule has 23 heavy (non-hydrogen) atoms. The summed E-state index contributed by atoms with van der Waals surface area (Å²) in [5.41, 5.74) is 0.0924. The summed E-state index contributed by atoms with van der Waals surface area (Å²) in [5.74, 6) is -3.31. The van der Waals surface area contributed by atoms with Crippen molar-refractivity contribution in [3.63, 3.8) is 0 Å². The minimum absolute atomic E-state index is 0.335. The number of rotatable bonds is 1. The molecule has 4 rings (SSSR count). The summed E-state index contributed by atoms with van der Waals surface area (Å²) in [6.45, 7) is 2.90. The van der Waals surface area contributed by atoms with Gasteiger partial charge in [-0.1, -0.05) is 23.2 Å². The molecule has 3 heterocycles. The minimum atomic E-state index is -1.82. The van der Waals surface area contributed by atoms with Crippen LogP contribution in [0.2, 0.25) is 10.0 Å². The third kappa shape index (κ3) is 4.14. The van der Waals surface area contributed by atoms with Crippen molar-refractivity contribution in [3.05, 3.63) is 33.8 Å². The summed E-state index contributed by atoms with van der Waals surface area (Å²) in [5, 5.41) is 26.9. The molecule has 1 aromatic rings. The van der Waals surface area contributed by atoms with Crippen molar-refractivity contribution in [1.82, 2.24) is 4.90 Å². The molecule has 0 saturated carbocycles. The highest BCUT2D eigenvalue weighted by Gasteiger charge is 2.46. The number of aliphatic carboxylic acids is 2. The molecule has 0 radical (unpaired) electrons. The van der Waals surface area contributed by atoms with Crippen LogP contribution < -0.4 is 0 Å². The van der Waals surface area contributed by atoms with E-state index in [1.54, 1.807) is 6.07 Å². The number of carbonyl (C=O) groups is 2. The smallest absolute Gasteiger partial charge is 0.414 e. The third-order valence-electron chi connectivity index (χ3n) is 4.27. The van der Waals surface area contributed by atoms with E-state index in [-0.39, 0.29) is 0 Å². The van der Waals surface area contributed by atoms with Crippen molar-refractivity contribution in [2.75, 3.05) is 19.6 Å². The fourth-order valence-corrected chi connectivity index (χ4v) is 3.70. The first-order chi connectivity index (χ1) is 10.7. The van der Waals surface area contributed by atoms with Crippen molar-refractivity contribution in [3.8, 4) is 0 Å². The lowest BCUT2D eigenvalue weighted by Crippen LogP contribution is -2.57. The maximum Gasteiger partial charge on any atom is 0.414 e. The van der Waals surface area contributed by atoms with Crippen LogP contribution in [0.1, 0.15) is 18.4 Å². The molecule has 1 atom stereocenters. The predicted octanol–water partition coefficient (Wildman–Crippen LogP) is 2.06. The summed E-state index contributed by atoms with van der Waals surface area (Å²) < 4.78 is 0. The van der Waals surface area contributed by atoms with Gasteiger partial charge in [0.1, 0.15) is 5.60 Å². The Morgan fingerprint density at radius 1 is 1.04 bits per heavy atom. The fourth-order valence-electron chi connectivity index (χ4n) is 3.17. The molecule has 2 bridgehead atoms. The average molecular weight is 362 g/mol. The van der Waals surface area contributed by atoms with E-state index in [0.29, 0.717) is 22.5 Å². The van der Waals surface area contributed by atoms with Gasteiger partial charge in [0.05, 0.1) is 0 Å². The number of aliphatic hydroxyl groups is 1. The number of hydrogen-bond donors (Lipinski definition) is 3. The number of hydrogen-bond acceptors (Lipinski definition) is 4. The van der Waals surface area contributed by atoms with Crippen LogP contribution in [-0.2, 0) is 15.2 Å². The van der Waals surface area contributed by atoms with Crippen LogP contribution in [0.4, 0.5) is 0 Å². The first-order valence-electron chi connectivity index (χ1n) is 7.10. The van der Waals surface area contributed by atoms with Gasteiger partial charge in [0, 0.05) is 16.6 Å². The second-order valence-electron chi connectivity index (χ2n) is 5.74. The quantitative estimate of drug-likeness (QED) is 0.662. The van der Waals surface area contributed by atoms with Gasteiger partial charge in [-0.3, -0.25) is 0 Å². The highest BCUT2D eigenvalue weighted by atomic mass is 35.5. The summed E-state index contributed by atoms with van der Waals surface area (Å²) >= 11 is 12.0. The third-order valence-corrected chi connectivity index (χ3v) is 4.71. The van der Waals surface area contributed by atoms with Crippen molar-refractivity contribution >= 4 is 35.1 Å². The lowest BCUT2D eigenvalue weighted by molar-refractivity contribution is -0.159. The molecular formula is C15H17Cl2NO5. The van der Waals surface area contributed by atoms with Gasteiger partial charge in [0.25, 0.3) is 0 Å². The van der Waals surface area contributed by atoms with Crippen molar-refractivity contribution in [1.29, 1.82) is 0 Å². The van der Waals surface area contributed by atoms with E-state index in [4.69, 9.17) is 43.0 Å². The molecular weight excluding hydrogens is 345 g/mol. The van der Waals surface area contributed by atoms with Gasteiger partial charge in [-0.05, 0) is 55.6 Å². The van der Waals surface area contributed by atoms with Gasteiger partial charge >= 0.3 is 11.9 Å². The number of fused-ring (bicyclic) bond motifs is 3.